The summed E-state index contributed by atoms with van der Waals surface area (Å²) in [6.45, 7) is 2.12. The van der Waals surface area contributed by atoms with Crippen LogP contribution in [-0.4, -0.2) is 0 Å². The molecule has 4 rings (SSSR count). The number of hydrogen-bond acceptors (Lipinski definition) is 1. The molecule has 1 nitrogen and oxygen atoms in total. The normalized spacial score (nSPS) is 16.1. The molecular formula is C20H16ClN. The zero-order valence-electron chi connectivity index (χ0n) is 12.3. The molecule has 0 aromatic heterocycles. The average molecular weight is 306 g/mol. The number of fused-ring (bicyclic) bond motifs is 1. The van der Waals surface area contributed by atoms with E-state index in [9.17, 15) is 0 Å². The minimum Gasteiger partial charge on any atom is -0.329 e. The molecule has 0 fully saturated rings. The van der Waals surface area contributed by atoms with E-state index < -0.39 is 0 Å². The molecule has 3 aromatic carbocycles. The Labute approximate surface area is 135 Å². The number of rotatable bonds is 2. The van der Waals surface area contributed by atoms with Crippen molar-refractivity contribution in [2.75, 3.05) is 4.90 Å². The fraction of sp³-hybridized carbons (Fsp3) is 0.100. The molecular weight excluding hydrogens is 290 g/mol. The summed E-state index contributed by atoms with van der Waals surface area (Å²) >= 11 is 6.03. The van der Waals surface area contributed by atoms with Gasteiger partial charge in [-0.1, -0.05) is 59.6 Å². The van der Waals surface area contributed by atoms with Gasteiger partial charge in [-0.05, 0) is 42.8 Å². The number of hydrogen-bond donors (Lipinski definition) is 0. The predicted molar refractivity (Wildman–Crippen MR) is 93.1 cm³/mol. The van der Waals surface area contributed by atoms with Crippen LogP contribution in [0.1, 0.15) is 22.7 Å². The standard InChI is InChI=1S/C20H16ClN/c1-14-6-12-17(13-7-14)22-19-5-3-2-4-18(19)20(22)15-8-10-16(21)11-9-15/h2-13,20H,1H3. The molecule has 0 amide bonds. The van der Waals surface area contributed by atoms with Crippen LogP contribution in [0.25, 0.3) is 0 Å². The third kappa shape index (κ3) is 2.10. The summed E-state index contributed by atoms with van der Waals surface area (Å²) in [6, 6.07) is 25.7. The molecule has 0 bridgehead atoms. The van der Waals surface area contributed by atoms with Crippen LogP contribution in [0.5, 0.6) is 0 Å². The fourth-order valence-corrected chi connectivity index (χ4v) is 3.24. The highest BCUT2D eigenvalue weighted by Crippen LogP contribution is 2.51. The summed E-state index contributed by atoms with van der Waals surface area (Å²) < 4.78 is 0. The highest BCUT2D eigenvalue weighted by molar-refractivity contribution is 6.30. The van der Waals surface area contributed by atoms with Crippen molar-refractivity contribution in [1.82, 2.24) is 0 Å². The van der Waals surface area contributed by atoms with Crippen LogP contribution < -0.4 is 4.90 Å². The number of anilines is 2. The third-order valence-electron chi connectivity index (χ3n) is 4.25. The molecule has 0 aliphatic carbocycles. The van der Waals surface area contributed by atoms with Crippen LogP contribution in [-0.2, 0) is 0 Å². The van der Waals surface area contributed by atoms with E-state index >= 15 is 0 Å². The largest absolute Gasteiger partial charge is 0.329 e. The molecule has 1 atom stereocenters. The van der Waals surface area contributed by atoms with Crippen molar-refractivity contribution in [2.24, 2.45) is 0 Å². The Morgan fingerprint density at radius 3 is 2.23 bits per heavy atom. The molecule has 0 radical (unpaired) electrons. The summed E-state index contributed by atoms with van der Waals surface area (Å²) in [7, 11) is 0. The Balaban J connectivity index is 1.81. The lowest BCUT2D eigenvalue weighted by Gasteiger charge is -2.45. The SMILES string of the molecule is Cc1ccc(N2c3ccccc3C2c2ccc(Cl)cc2)cc1. The lowest BCUT2D eigenvalue weighted by molar-refractivity contribution is 0.746. The third-order valence-corrected chi connectivity index (χ3v) is 4.50. The second-order valence-electron chi connectivity index (χ2n) is 5.72. The molecule has 1 heterocycles. The number of aryl methyl sites for hydroxylation is 1. The summed E-state index contributed by atoms with van der Waals surface area (Å²) in [5, 5.41) is 0.776. The molecule has 3 aromatic rings. The van der Waals surface area contributed by atoms with Crippen LogP contribution in [0, 0.1) is 6.92 Å². The van der Waals surface area contributed by atoms with Crippen molar-refractivity contribution in [3.63, 3.8) is 0 Å². The average Bonchev–Trinajstić information content (AvgIpc) is 2.53. The van der Waals surface area contributed by atoms with Crippen LogP contribution in [0.3, 0.4) is 0 Å². The Morgan fingerprint density at radius 1 is 0.818 bits per heavy atom. The first kappa shape index (κ1) is 13.4. The molecule has 22 heavy (non-hydrogen) atoms. The molecule has 1 aliphatic rings. The van der Waals surface area contributed by atoms with Gasteiger partial charge in [0.25, 0.3) is 0 Å². The minimum absolute atomic E-state index is 0.260. The molecule has 1 aliphatic heterocycles. The number of para-hydroxylation sites is 1. The lowest BCUT2D eigenvalue weighted by Crippen LogP contribution is -2.34. The molecule has 2 heteroatoms. The zero-order chi connectivity index (χ0) is 15.1. The van der Waals surface area contributed by atoms with E-state index in [0.717, 1.165) is 5.02 Å². The topological polar surface area (TPSA) is 3.24 Å². The molecule has 0 saturated heterocycles. The highest BCUT2D eigenvalue weighted by Gasteiger charge is 2.36. The smallest absolute Gasteiger partial charge is 0.0865 e. The van der Waals surface area contributed by atoms with E-state index in [1.54, 1.807) is 0 Å². The van der Waals surface area contributed by atoms with Gasteiger partial charge >= 0.3 is 0 Å². The molecule has 108 valence electrons. The molecule has 0 N–H and O–H groups in total. The van der Waals surface area contributed by atoms with Gasteiger partial charge in [-0.3, -0.25) is 0 Å². The Morgan fingerprint density at radius 2 is 1.50 bits per heavy atom. The van der Waals surface area contributed by atoms with Gasteiger partial charge in [0, 0.05) is 22.0 Å². The molecule has 1 unspecified atom stereocenters. The van der Waals surface area contributed by atoms with E-state index in [1.165, 1.54) is 28.1 Å². The van der Waals surface area contributed by atoms with Crippen molar-refractivity contribution >= 4 is 23.0 Å². The zero-order valence-corrected chi connectivity index (χ0v) is 13.1. The Hall–Kier alpha value is -2.25. The number of halogens is 1. The Bertz CT molecular complexity index is 735. The monoisotopic (exact) mass is 305 g/mol. The maximum Gasteiger partial charge on any atom is 0.0865 e. The summed E-state index contributed by atoms with van der Waals surface area (Å²) in [6.07, 6.45) is 0. The van der Waals surface area contributed by atoms with Crippen LogP contribution >= 0.6 is 11.6 Å². The first-order chi connectivity index (χ1) is 10.7. The van der Waals surface area contributed by atoms with Crippen molar-refractivity contribution in [3.8, 4) is 0 Å². The number of benzene rings is 3. The number of nitrogens with zero attached hydrogens (tertiary/aromatic N) is 1. The minimum atomic E-state index is 0.260. The molecule has 0 saturated carbocycles. The van der Waals surface area contributed by atoms with Crippen LogP contribution in [0.2, 0.25) is 5.02 Å². The van der Waals surface area contributed by atoms with Crippen molar-refractivity contribution in [3.05, 3.63) is 94.5 Å². The van der Waals surface area contributed by atoms with Gasteiger partial charge in [-0.25, -0.2) is 0 Å². The van der Waals surface area contributed by atoms with Gasteiger partial charge in [0.05, 0.1) is 6.04 Å². The Kier molecular flexibility index (Phi) is 3.16. The van der Waals surface area contributed by atoms with Gasteiger partial charge in [0.1, 0.15) is 0 Å². The maximum absolute atomic E-state index is 6.03. The predicted octanol–water partition coefficient (Wildman–Crippen LogP) is 5.89. The van der Waals surface area contributed by atoms with Crippen LogP contribution in [0.15, 0.2) is 72.8 Å². The van der Waals surface area contributed by atoms with Gasteiger partial charge in [-0.2, -0.15) is 0 Å². The van der Waals surface area contributed by atoms with Crippen molar-refractivity contribution in [2.45, 2.75) is 13.0 Å². The second-order valence-corrected chi connectivity index (χ2v) is 6.15. The van der Waals surface area contributed by atoms with E-state index in [2.05, 4.69) is 72.5 Å². The summed E-state index contributed by atoms with van der Waals surface area (Å²) in [5.41, 5.74) is 6.42. The van der Waals surface area contributed by atoms with E-state index in [0.29, 0.717) is 0 Å². The van der Waals surface area contributed by atoms with Gasteiger partial charge in [-0.15, -0.1) is 0 Å². The first-order valence-corrected chi connectivity index (χ1v) is 7.82. The van der Waals surface area contributed by atoms with Crippen molar-refractivity contribution in [1.29, 1.82) is 0 Å². The van der Waals surface area contributed by atoms with Crippen molar-refractivity contribution < 1.29 is 0 Å². The summed E-state index contributed by atoms with van der Waals surface area (Å²) in [5.74, 6) is 0. The highest BCUT2D eigenvalue weighted by atomic mass is 35.5. The van der Waals surface area contributed by atoms with Gasteiger partial charge < -0.3 is 4.90 Å². The molecule has 0 spiro atoms. The van der Waals surface area contributed by atoms with E-state index in [1.807, 2.05) is 12.1 Å². The first-order valence-electron chi connectivity index (χ1n) is 7.44. The van der Waals surface area contributed by atoms with Crippen LogP contribution in [0.4, 0.5) is 11.4 Å². The second kappa shape index (κ2) is 5.19. The fourth-order valence-electron chi connectivity index (χ4n) is 3.12. The van der Waals surface area contributed by atoms with Gasteiger partial charge in [0.2, 0.25) is 0 Å². The lowest BCUT2D eigenvalue weighted by atomic mass is 9.87. The summed E-state index contributed by atoms with van der Waals surface area (Å²) in [4.78, 5) is 2.39. The van der Waals surface area contributed by atoms with E-state index in [4.69, 9.17) is 11.6 Å². The quantitative estimate of drug-likeness (QED) is 0.570. The van der Waals surface area contributed by atoms with E-state index in [-0.39, 0.29) is 6.04 Å². The van der Waals surface area contributed by atoms with Gasteiger partial charge in [0.15, 0.2) is 0 Å². The maximum atomic E-state index is 6.03.